The average molecular weight is 211 g/mol. The van der Waals surface area contributed by atoms with E-state index in [1.807, 2.05) is 13.8 Å². The van der Waals surface area contributed by atoms with Gasteiger partial charge in [0.25, 0.3) is 0 Å². The summed E-state index contributed by atoms with van der Waals surface area (Å²) in [5.74, 6) is 0.474. The lowest BCUT2D eigenvalue weighted by Crippen LogP contribution is -2.45. The molecule has 4 nitrogen and oxygen atoms in total. The zero-order valence-corrected chi connectivity index (χ0v) is 9.14. The van der Waals surface area contributed by atoms with Gasteiger partial charge in [0, 0.05) is 18.4 Å². The second kappa shape index (κ2) is 3.59. The lowest BCUT2D eigenvalue weighted by molar-refractivity contribution is -0.138. The normalized spacial score (nSPS) is 33.5. The molecule has 15 heavy (non-hydrogen) atoms. The Morgan fingerprint density at radius 3 is 2.80 bits per heavy atom. The number of hydrogen-bond acceptors (Lipinski definition) is 3. The Bertz CT molecular complexity index is 300. The van der Waals surface area contributed by atoms with Gasteiger partial charge in [-0.2, -0.15) is 0 Å². The molecule has 1 saturated heterocycles. The van der Waals surface area contributed by atoms with Crippen LogP contribution in [-0.4, -0.2) is 40.9 Å². The average Bonchev–Trinajstić information content (AvgIpc) is 2.91. The van der Waals surface area contributed by atoms with E-state index in [4.69, 9.17) is 5.11 Å². The molecule has 1 aliphatic carbocycles. The molecule has 1 saturated carbocycles. The SMILES string of the molecule is CC(C)C(=O)C1C2CC2C(=O)N1CCO. The summed E-state index contributed by atoms with van der Waals surface area (Å²) in [4.78, 5) is 25.2. The van der Waals surface area contributed by atoms with Gasteiger partial charge in [-0.25, -0.2) is 0 Å². The van der Waals surface area contributed by atoms with Gasteiger partial charge in [0.15, 0.2) is 5.78 Å². The fourth-order valence-corrected chi connectivity index (χ4v) is 2.49. The van der Waals surface area contributed by atoms with Crippen molar-refractivity contribution >= 4 is 11.7 Å². The van der Waals surface area contributed by atoms with Crippen LogP contribution in [0.25, 0.3) is 0 Å². The number of aliphatic hydroxyl groups is 1. The highest BCUT2D eigenvalue weighted by molar-refractivity contribution is 5.97. The van der Waals surface area contributed by atoms with Crippen molar-refractivity contribution in [3.05, 3.63) is 0 Å². The number of piperidine rings is 1. The third-order valence-corrected chi connectivity index (χ3v) is 3.38. The molecule has 0 aromatic heterocycles. The Hall–Kier alpha value is -0.900. The minimum atomic E-state index is -0.255. The van der Waals surface area contributed by atoms with Gasteiger partial charge in [0.2, 0.25) is 5.91 Å². The molecule has 1 heterocycles. The monoisotopic (exact) mass is 211 g/mol. The Balaban J connectivity index is 2.14. The van der Waals surface area contributed by atoms with Crippen LogP contribution in [0.5, 0.6) is 0 Å². The van der Waals surface area contributed by atoms with Gasteiger partial charge in [-0.1, -0.05) is 13.8 Å². The predicted molar refractivity (Wildman–Crippen MR) is 54.0 cm³/mol. The summed E-state index contributed by atoms with van der Waals surface area (Å²) < 4.78 is 0. The van der Waals surface area contributed by atoms with Crippen molar-refractivity contribution in [2.45, 2.75) is 26.3 Å². The van der Waals surface area contributed by atoms with Crippen LogP contribution in [0, 0.1) is 17.8 Å². The van der Waals surface area contributed by atoms with Gasteiger partial charge in [0.1, 0.15) is 0 Å². The molecule has 0 bridgehead atoms. The summed E-state index contributed by atoms with van der Waals surface area (Å²) in [5, 5.41) is 8.88. The molecule has 1 aliphatic heterocycles. The van der Waals surface area contributed by atoms with Crippen LogP contribution in [0.3, 0.4) is 0 Å². The van der Waals surface area contributed by atoms with Gasteiger partial charge in [-0.15, -0.1) is 0 Å². The summed E-state index contributed by atoms with van der Waals surface area (Å²) >= 11 is 0. The smallest absolute Gasteiger partial charge is 0.226 e. The lowest BCUT2D eigenvalue weighted by atomic mass is 9.98. The number of likely N-dealkylation sites (tertiary alicyclic amines) is 1. The highest BCUT2D eigenvalue weighted by atomic mass is 16.3. The highest BCUT2D eigenvalue weighted by Gasteiger charge is 2.60. The number of aliphatic hydroxyl groups excluding tert-OH is 1. The minimum Gasteiger partial charge on any atom is -0.395 e. The maximum absolute atomic E-state index is 11.9. The van der Waals surface area contributed by atoms with Crippen LogP contribution in [0.1, 0.15) is 20.3 Å². The molecule has 2 fully saturated rings. The molecule has 4 heteroatoms. The van der Waals surface area contributed by atoms with Crippen molar-refractivity contribution < 1.29 is 14.7 Å². The van der Waals surface area contributed by atoms with Crippen LogP contribution in [0.2, 0.25) is 0 Å². The van der Waals surface area contributed by atoms with E-state index < -0.39 is 0 Å². The number of Topliss-reactive ketones (excluding diaryl/α,β-unsaturated/α-hetero) is 1. The van der Waals surface area contributed by atoms with E-state index in [1.54, 1.807) is 4.90 Å². The first-order chi connectivity index (χ1) is 7.07. The molecule has 3 unspecified atom stereocenters. The lowest BCUT2D eigenvalue weighted by Gasteiger charge is -2.27. The van der Waals surface area contributed by atoms with Crippen molar-refractivity contribution in [3.8, 4) is 0 Å². The van der Waals surface area contributed by atoms with E-state index >= 15 is 0 Å². The third kappa shape index (κ3) is 1.57. The quantitative estimate of drug-likeness (QED) is 0.715. The molecule has 0 aromatic carbocycles. The number of nitrogens with zero attached hydrogens (tertiary/aromatic N) is 1. The van der Waals surface area contributed by atoms with Gasteiger partial charge < -0.3 is 10.0 Å². The van der Waals surface area contributed by atoms with Gasteiger partial charge in [-0.05, 0) is 12.3 Å². The number of fused-ring (bicyclic) bond motifs is 1. The first-order valence-corrected chi connectivity index (χ1v) is 5.53. The molecule has 0 spiro atoms. The van der Waals surface area contributed by atoms with Gasteiger partial charge in [-0.3, -0.25) is 9.59 Å². The van der Waals surface area contributed by atoms with E-state index in [2.05, 4.69) is 0 Å². The zero-order valence-electron chi connectivity index (χ0n) is 9.14. The van der Waals surface area contributed by atoms with E-state index in [-0.39, 0.29) is 42.1 Å². The van der Waals surface area contributed by atoms with Gasteiger partial charge >= 0.3 is 0 Å². The molecule has 3 atom stereocenters. The highest BCUT2D eigenvalue weighted by Crippen LogP contribution is 2.51. The van der Waals surface area contributed by atoms with Crippen molar-refractivity contribution in [1.82, 2.24) is 4.90 Å². The molecular formula is C11H17NO3. The number of β-amino-alcohol motifs (C(OH)–C–C–N with tert-alkyl or cyclic N) is 1. The standard InChI is InChI=1S/C11H17NO3/c1-6(2)10(14)9-7-5-8(7)11(15)12(9)3-4-13/h6-9,13H,3-5H2,1-2H3. The summed E-state index contributed by atoms with van der Waals surface area (Å²) in [7, 11) is 0. The first-order valence-electron chi connectivity index (χ1n) is 5.53. The first kappa shape index (κ1) is 10.6. The second-order valence-corrected chi connectivity index (χ2v) is 4.76. The fraction of sp³-hybridized carbons (Fsp3) is 0.818. The van der Waals surface area contributed by atoms with E-state index in [1.165, 1.54) is 0 Å². The largest absolute Gasteiger partial charge is 0.395 e. The van der Waals surface area contributed by atoms with Crippen molar-refractivity contribution in [1.29, 1.82) is 0 Å². The van der Waals surface area contributed by atoms with Crippen LogP contribution in [-0.2, 0) is 9.59 Å². The topological polar surface area (TPSA) is 57.6 Å². The summed E-state index contributed by atoms with van der Waals surface area (Å²) in [6.07, 6.45) is 0.865. The third-order valence-electron chi connectivity index (χ3n) is 3.38. The Labute approximate surface area is 89.3 Å². The van der Waals surface area contributed by atoms with E-state index in [0.29, 0.717) is 6.54 Å². The summed E-state index contributed by atoms with van der Waals surface area (Å²) in [6.45, 7) is 3.96. The number of hydrogen-bond donors (Lipinski definition) is 1. The maximum Gasteiger partial charge on any atom is 0.226 e. The number of carbonyl (C=O) groups is 2. The Morgan fingerprint density at radius 1 is 1.60 bits per heavy atom. The van der Waals surface area contributed by atoms with Crippen LogP contribution < -0.4 is 0 Å². The van der Waals surface area contributed by atoms with Crippen LogP contribution in [0.4, 0.5) is 0 Å². The van der Waals surface area contributed by atoms with Crippen LogP contribution >= 0.6 is 0 Å². The number of amides is 1. The Morgan fingerprint density at radius 2 is 2.27 bits per heavy atom. The second-order valence-electron chi connectivity index (χ2n) is 4.76. The van der Waals surface area contributed by atoms with Crippen molar-refractivity contribution in [2.24, 2.45) is 17.8 Å². The molecular weight excluding hydrogens is 194 g/mol. The van der Waals surface area contributed by atoms with Crippen LogP contribution in [0.15, 0.2) is 0 Å². The van der Waals surface area contributed by atoms with E-state index in [9.17, 15) is 9.59 Å². The molecule has 0 radical (unpaired) electrons. The van der Waals surface area contributed by atoms with Gasteiger partial charge in [0.05, 0.1) is 12.6 Å². The summed E-state index contributed by atoms with van der Waals surface area (Å²) in [5.41, 5.74) is 0. The molecule has 0 aromatic rings. The Kier molecular flexibility index (Phi) is 2.54. The van der Waals surface area contributed by atoms with Crippen molar-refractivity contribution in [3.63, 3.8) is 0 Å². The fourth-order valence-electron chi connectivity index (χ4n) is 2.49. The molecule has 84 valence electrons. The van der Waals surface area contributed by atoms with Crippen molar-refractivity contribution in [2.75, 3.05) is 13.2 Å². The maximum atomic E-state index is 11.9. The minimum absolute atomic E-state index is 0.0386. The molecule has 2 rings (SSSR count). The van der Waals surface area contributed by atoms with E-state index in [0.717, 1.165) is 6.42 Å². The molecule has 1 amide bonds. The molecule has 2 aliphatic rings. The number of carbonyl (C=O) groups excluding carboxylic acids is 2. The number of ketones is 1. The predicted octanol–water partition coefficient (Wildman–Crippen LogP) is 0.0507. The number of rotatable bonds is 4. The molecule has 1 N–H and O–H groups in total. The summed E-state index contributed by atoms with van der Waals surface area (Å²) in [6, 6.07) is -0.255. The zero-order chi connectivity index (χ0) is 11.2.